The van der Waals surface area contributed by atoms with Gasteiger partial charge in [0.15, 0.2) is 0 Å². The molecule has 1 N–H and O–H groups in total. The summed E-state index contributed by atoms with van der Waals surface area (Å²) in [6.45, 7) is 5.95. The van der Waals surface area contributed by atoms with Gasteiger partial charge in [0.25, 0.3) is 0 Å². The summed E-state index contributed by atoms with van der Waals surface area (Å²) in [7, 11) is 0. The molecule has 0 saturated carbocycles. The normalized spacial score (nSPS) is 12.6. The van der Waals surface area contributed by atoms with E-state index in [9.17, 15) is 9.90 Å². The van der Waals surface area contributed by atoms with Crippen molar-refractivity contribution < 1.29 is 9.90 Å². The molecule has 0 heterocycles. The van der Waals surface area contributed by atoms with Crippen LogP contribution >= 0.6 is 0 Å². The first kappa shape index (κ1) is 11.5. The van der Waals surface area contributed by atoms with Gasteiger partial charge in [-0.15, -0.1) is 0 Å². The number of carbonyl (C=O) groups is 1. The predicted octanol–water partition coefficient (Wildman–Crippen LogP) is 3.02. The van der Waals surface area contributed by atoms with Gasteiger partial charge < -0.3 is 5.11 Å². The van der Waals surface area contributed by atoms with Crippen LogP contribution in [0, 0.1) is 5.41 Å². The molecule has 0 amide bonds. The summed E-state index contributed by atoms with van der Waals surface area (Å²) in [5.74, 6) is 0.211. The van der Waals surface area contributed by atoms with Crippen molar-refractivity contribution in [3.8, 4) is 5.75 Å². The van der Waals surface area contributed by atoms with Gasteiger partial charge in [-0.2, -0.15) is 0 Å². The second-order valence-electron chi connectivity index (χ2n) is 4.56. The number of aromatic hydroxyl groups is 1. The molecule has 0 radical (unpaired) electrons. The van der Waals surface area contributed by atoms with Crippen LogP contribution in [0.2, 0.25) is 0 Å². The van der Waals surface area contributed by atoms with Crippen LogP contribution in [0.25, 0.3) is 6.08 Å². The zero-order valence-corrected chi connectivity index (χ0v) is 9.32. The Balaban J connectivity index is 3.09. The molecule has 0 unspecified atom stereocenters. The Hall–Kier alpha value is -1.57. The van der Waals surface area contributed by atoms with E-state index >= 15 is 0 Å². The first-order valence-electron chi connectivity index (χ1n) is 4.90. The van der Waals surface area contributed by atoms with Crippen LogP contribution in [0.3, 0.4) is 0 Å². The SMILES string of the molecule is CC(C)(C)/C(C=O)=C/c1cccc(O)c1. The topological polar surface area (TPSA) is 37.3 Å². The number of hydrogen-bond donors (Lipinski definition) is 1. The van der Waals surface area contributed by atoms with Gasteiger partial charge in [0, 0.05) is 0 Å². The van der Waals surface area contributed by atoms with Crippen LogP contribution in [0.4, 0.5) is 0 Å². The molecule has 2 heteroatoms. The first-order chi connectivity index (χ1) is 6.93. The highest BCUT2D eigenvalue weighted by atomic mass is 16.3. The van der Waals surface area contributed by atoms with Crippen molar-refractivity contribution in [3.63, 3.8) is 0 Å². The van der Waals surface area contributed by atoms with E-state index in [1.54, 1.807) is 24.3 Å². The third-order valence-electron chi connectivity index (χ3n) is 2.19. The van der Waals surface area contributed by atoms with E-state index < -0.39 is 0 Å². The number of carbonyl (C=O) groups excluding carboxylic acids is 1. The van der Waals surface area contributed by atoms with Crippen LogP contribution in [-0.2, 0) is 4.79 Å². The highest BCUT2D eigenvalue weighted by Crippen LogP contribution is 2.26. The molecule has 0 aliphatic rings. The Bertz CT molecular complexity index is 384. The zero-order valence-electron chi connectivity index (χ0n) is 9.32. The number of phenolic OH excluding ortho intramolecular Hbond substituents is 1. The van der Waals surface area contributed by atoms with E-state index in [2.05, 4.69) is 0 Å². The average Bonchev–Trinajstić information content (AvgIpc) is 2.12. The van der Waals surface area contributed by atoms with Gasteiger partial charge in [-0.05, 0) is 34.8 Å². The lowest BCUT2D eigenvalue weighted by molar-refractivity contribution is -0.105. The highest BCUT2D eigenvalue weighted by Gasteiger charge is 2.15. The lowest BCUT2D eigenvalue weighted by Gasteiger charge is -2.18. The van der Waals surface area contributed by atoms with Gasteiger partial charge in [0.1, 0.15) is 12.0 Å². The Morgan fingerprint density at radius 2 is 2.00 bits per heavy atom. The Kier molecular flexibility index (Phi) is 3.30. The van der Waals surface area contributed by atoms with Gasteiger partial charge >= 0.3 is 0 Å². The van der Waals surface area contributed by atoms with Gasteiger partial charge in [-0.25, -0.2) is 0 Å². The average molecular weight is 204 g/mol. The lowest BCUT2D eigenvalue weighted by Crippen LogP contribution is -2.10. The fourth-order valence-corrected chi connectivity index (χ4v) is 1.22. The summed E-state index contributed by atoms with van der Waals surface area (Å²) >= 11 is 0. The molecule has 0 bridgehead atoms. The van der Waals surface area contributed by atoms with Crippen molar-refractivity contribution in [1.82, 2.24) is 0 Å². The summed E-state index contributed by atoms with van der Waals surface area (Å²) in [5, 5.41) is 9.28. The van der Waals surface area contributed by atoms with E-state index in [4.69, 9.17) is 0 Å². The van der Waals surface area contributed by atoms with Crippen molar-refractivity contribution in [1.29, 1.82) is 0 Å². The summed E-state index contributed by atoms with van der Waals surface area (Å²) in [6, 6.07) is 6.85. The molecule has 0 aliphatic carbocycles. The summed E-state index contributed by atoms with van der Waals surface area (Å²) in [4.78, 5) is 10.9. The number of allylic oxidation sites excluding steroid dienone is 1. The Morgan fingerprint density at radius 3 is 2.47 bits per heavy atom. The van der Waals surface area contributed by atoms with E-state index in [-0.39, 0.29) is 11.2 Å². The smallest absolute Gasteiger partial charge is 0.146 e. The minimum absolute atomic E-state index is 0.173. The highest BCUT2D eigenvalue weighted by molar-refractivity contribution is 5.83. The van der Waals surface area contributed by atoms with E-state index in [0.717, 1.165) is 11.8 Å². The molecule has 15 heavy (non-hydrogen) atoms. The molecule has 0 saturated heterocycles. The standard InChI is InChI=1S/C13H16O2/c1-13(2,3)11(9-14)7-10-5-4-6-12(15)8-10/h4-9,15H,1-3H3/b11-7+. The van der Waals surface area contributed by atoms with E-state index in [1.807, 2.05) is 26.8 Å². The molecular formula is C13H16O2. The van der Waals surface area contributed by atoms with Gasteiger partial charge in [-0.1, -0.05) is 32.9 Å². The predicted molar refractivity (Wildman–Crippen MR) is 61.6 cm³/mol. The summed E-state index contributed by atoms with van der Waals surface area (Å²) in [5.41, 5.74) is 1.38. The minimum Gasteiger partial charge on any atom is -0.508 e. The fraction of sp³-hybridized carbons (Fsp3) is 0.308. The van der Waals surface area contributed by atoms with E-state index in [1.165, 1.54) is 0 Å². The molecule has 0 aromatic heterocycles. The largest absolute Gasteiger partial charge is 0.508 e. The van der Waals surface area contributed by atoms with Crippen molar-refractivity contribution in [3.05, 3.63) is 35.4 Å². The quantitative estimate of drug-likeness (QED) is 0.594. The summed E-state index contributed by atoms with van der Waals surface area (Å²) in [6.07, 6.45) is 2.66. The number of aldehydes is 1. The summed E-state index contributed by atoms with van der Waals surface area (Å²) < 4.78 is 0. The molecule has 0 aliphatic heterocycles. The molecule has 0 spiro atoms. The van der Waals surface area contributed by atoms with Crippen LogP contribution in [-0.4, -0.2) is 11.4 Å². The number of rotatable bonds is 2. The maximum atomic E-state index is 10.9. The molecule has 1 aromatic rings. The first-order valence-corrected chi connectivity index (χ1v) is 4.90. The second kappa shape index (κ2) is 4.30. The van der Waals surface area contributed by atoms with Crippen molar-refractivity contribution >= 4 is 12.4 Å². The molecule has 0 fully saturated rings. The van der Waals surface area contributed by atoms with Crippen LogP contribution < -0.4 is 0 Å². The molecule has 2 nitrogen and oxygen atoms in total. The molecule has 1 aromatic carbocycles. The maximum absolute atomic E-state index is 10.9. The van der Waals surface area contributed by atoms with Crippen molar-refractivity contribution in [2.75, 3.05) is 0 Å². The van der Waals surface area contributed by atoms with Crippen LogP contribution in [0.5, 0.6) is 5.75 Å². The maximum Gasteiger partial charge on any atom is 0.146 e. The second-order valence-corrected chi connectivity index (χ2v) is 4.56. The van der Waals surface area contributed by atoms with Crippen molar-refractivity contribution in [2.45, 2.75) is 20.8 Å². The fourth-order valence-electron chi connectivity index (χ4n) is 1.22. The van der Waals surface area contributed by atoms with Gasteiger partial charge in [-0.3, -0.25) is 4.79 Å². The molecule has 1 rings (SSSR count). The third kappa shape index (κ3) is 3.24. The van der Waals surface area contributed by atoms with E-state index in [0.29, 0.717) is 5.57 Å². The zero-order chi connectivity index (χ0) is 11.5. The number of phenols is 1. The molecule has 0 atom stereocenters. The number of hydrogen-bond acceptors (Lipinski definition) is 2. The van der Waals surface area contributed by atoms with Gasteiger partial charge in [0.05, 0.1) is 0 Å². The van der Waals surface area contributed by atoms with Crippen LogP contribution in [0.15, 0.2) is 29.8 Å². The molecule has 80 valence electrons. The lowest BCUT2D eigenvalue weighted by atomic mass is 9.86. The number of benzene rings is 1. The third-order valence-corrected chi connectivity index (χ3v) is 2.19. The van der Waals surface area contributed by atoms with Gasteiger partial charge in [0.2, 0.25) is 0 Å². The van der Waals surface area contributed by atoms with Crippen molar-refractivity contribution in [2.24, 2.45) is 5.41 Å². The van der Waals surface area contributed by atoms with Crippen LogP contribution in [0.1, 0.15) is 26.3 Å². The Labute approximate surface area is 90.3 Å². The molecular weight excluding hydrogens is 188 g/mol. The minimum atomic E-state index is -0.173. The Morgan fingerprint density at radius 1 is 1.33 bits per heavy atom. The monoisotopic (exact) mass is 204 g/mol.